The van der Waals surface area contributed by atoms with Crippen molar-refractivity contribution < 1.29 is 24.2 Å². The summed E-state index contributed by atoms with van der Waals surface area (Å²) in [6.07, 6.45) is 1.99. The first-order valence-electron chi connectivity index (χ1n) is 6.71. The number of nitrogens with zero attached hydrogens (tertiary/aromatic N) is 2. The summed E-state index contributed by atoms with van der Waals surface area (Å²) in [7, 11) is 1.57. The van der Waals surface area contributed by atoms with E-state index in [1.807, 2.05) is 0 Å². The molecule has 1 saturated heterocycles. The Morgan fingerprint density at radius 2 is 2.29 bits per heavy atom. The molecule has 7 heteroatoms. The summed E-state index contributed by atoms with van der Waals surface area (Å²) in [6, 6.07) is 3.16. The van der Waals surface area contributed by atoms with Crippen molar-refractivity contribution in [2.45, 2.75) is 6.42 Å². The summed E-state index contributed by atoms with van der Waals surface area (Å²) in [5, 5.41) is 8.97. The van der Waals surface area contributed by atoms with Crippen molar-refractivity contribution in [2.24, 2.45) is 5.92 Å². The molecule has 1 aliphatic rings. The van der Waals surface area contributed by atoms with E-state index in [1.165, 1.54) is 6.20 Å². The van der Waals surface area contributed by atoms with Gasteiger partial charge in [-0.2, -0.15) is 0 Å². The van der Waals surface area contributed by atoms with Crippen molar-refractivity contribution in [1.82, 2.24) is 9.88 Å². The molecule has 0 saturated carbocycles. The number of carboxylic acid groups (broad SMARTS) is 1. The van der Waals surface area contributed by atoms with E-state index in [0.717, 1.165) is 0 Å². The Bertz CT molecular complexity index is 520. The fourth-order valence-electron chi connectivity index (χ4n) is 2.18. The van der Waals surface area contributed by atoms with Gasteiger partial charge >= 0.3 is 5.97 Å². The number of methoxy groups -OCH3 is 1. The number of amides is 1. The van der Waals surface area contributed by atoms with E-state index < -0.39 is 11.9 Å². The number of aliphatic carboxylic acids is 1. The van der Waals surface area contributed by atoms with Crippen LogP contribution in [0.15, 0.2) is 18.3 Å². The first-order chi connectivity index (χ1) is 10.1. The van der Waals surface area contributed by atoms with Crippen molar-refractivity contribution >= 4 is 11.9 Å². The molecule has 2 rings (SSSR count). The standard InChI is InChI=1S/C14H18N2O5/c1-20-6-7-21-12-8-10(2-4-15-12)13(17)16-5-3-11(9-16)14(18)19/h2,4,8,11H,3,5-7,9H2,1H3,(H,18,19). The van der Waals surface area contributed by atoms with Gasteiger partial charge in [0.2, 0.25) is 5.88 Å². The number of hydrogen-bond acceptors (Lipinski definition) is 5. The van der Waals surface area contributed by atoms with Crippen molar-refractivity contribution in [2.75, 3.05) is 33.4 Å². The maximum absolute atomic E-state index is 12.3. The number of ether oxygens (including phenoxy) is 2. The molecule has 0 bridgehead atoms. The predicted molar refractivity (Wildman–Crippen MR) is 73.3 cm³/mol. The second-order valence-corrected chi connectivity index (χ2v) is 4.80. The van der Waals surface area contributed by atoms with Crippen LogP contribution < -0.4 is 4.74 Å². The predicted octanol–water partition coefficient (Wildman–Crippen LogP) is 0.653. The van der Waals surface area contributed by atoms with Gasteiger partial charge in [-0.25, -0.2) is 4.98 Å². The summed E-state index contributed by atoms with van der Waals surface area (Å²) in [6.45, 7) is 1.49. The average molecular weight is 294 g/mol. The molecule has 1 aliphatic heterocycles. The number of hydrogen-bond donors (Lipinski definition) is 1. The molecular formula is C14H18N2O5. The van der Waals surface area contributed by atoms with Crippen LogP contribution >= 0.6 is 0 Å². The molecule has 114 valence electrons. The van der Waals surface area contributed by atoms with Gasteiger partial charge in [0.05, 0.1) is 12.5 Å². The van der Waals surface area contributed by atoms with Gasteiger partial charge in [0, 0.05) is 38.0 Å². The summed E-state index contributed by atoms with van der Waals surface area (Å²) < 4.78 is 10.2. The summed E-state index contributed by atoms with van der Waals surface area (Å²) >= 11 is 0. The highest BCUT2D eigenvalue weighted by atomic mass is 16.5. The second kappa shape index (κ2) is 7.03. The third-order valence-electron chi connectivity index (χ3n) is 3.34. The minimum atomic E-state index is -0.858. The minimum Gasteiger partial charge on any atom is -0.481 e. The highest BCUT2D eigenvalue weighted by Gasteiger charge is 2.31. The van der Waals surface area contributed by atoms with Crippen molar-refractivity contribution in [1.29, 1.82) is 0 Å². The van der Waals surface area contributed by atoms with Gasteiger partial charge < -0.3 is 19.5 Å². The Morgan fingerprint density at radius 3 is 2.95 bits per heavy atom. The van der Waals surface area contributed by atoms with Crippen molar-refractivity contribution in [3.05, 3.63) is 23.9 Å². The van der Waals surface area contributed by atoms with E-state index in [0.29, 0.717) is 37.6 Å². The number of aromatic nitrogens is 1. The van der Waals surface area contributed by atoms with Crippen LogP contribution in [-0.2, 0) is 9.53 Å². The van der Waals surface area contributed by atoms with Crippen LogP contribution in [0.25, 0.3) is 0 Å². The van der Waals surface area contributed by atoms with Gasteiger partial charge in [-0.05, 0) is 12.5 Å². The van der Waals surface area contributed by atoms with Crippen molar-refractivity contribution in [3.8, 4) is 5.88 Å². The summed E-state index contributed by atoms with van der Waals surface area (Å²) in [4.78, 5) is 28.8. The van der Waals surface area contributed by atoms with E-state index in [-0.39, 0.29) is 12.5 Å². The molecule has 0 radical (unpaired) electrons. The maximum Gasteiger partial charge on any atom is 0.308 e. The van der Waals surface area contributed by atoms with Gasteiger partial charge in [-0.3, -0.25) is 9.59 Å². The summed E-state index contributed by atoms with van der Waals surface area (Å²) in [5.74, 6) is -1.18. The molecule has 1 unspecified atom stereocenters. The Kier molecular flexibility index (Phi) is 5.10. The zero-order chi connectivity index (χ0) is 15.2. The molecule has 2 heterocycles. The lowest BCUT2D eigenvalue weighted by Gasteiger charge is -2.16. The SMILES string of the molecule is COCCOc1cc(C(=O)N2CCC(C(=O)O)C2)ccn1. The van der Waals surface area contributed by atoms with Gasteiger partial charge in [0.15, 0.2) is 0 Å². The molecule has 1 aromatic rings. The van der Waals surface area contributed by atoms with Crippen LogP contribution in [0.4, 0.5) is 0 Å². The average Bonchev–Trinajstić information content (AvgIpc) is 2.97. The summed E-state index contributed by atoms with van der Waals surface area (Å²) in [5.41, 5.74) is 0.448. The van der Waals surface area contributed by atoms with E-state index in [2.05, 4.69) is 4.98 Å². The maximum atomic E-state index is 12.3. The Hall–Kier alpha value is -2.15. The molecule has 0 aromatic carbocycles. The largest absolute Gasteiger partial charge is 0.481 e. The molecule has 7 nitrogen and oxygen atoms in total. The first kappa shape index (κ1) is 15.2. The molecule has 0 spiro atoms. The zero-order valence-corrected chi connectivity index (χ0v) is 11.8. The molecule has 1 fully saturated rings. The van der Waals surface area contributed by atoms with Crippen LogP contribution in [0, 0.1) is 5.92 Å². The smallest absolute Gasteiger partial charge is 0.308 e. The number of carboxylic acids is 1. The molecule has 1 N–H and O–H groups in total. The topological polar surface area (TPSA) is 89.0 Å². The quantitative estimate of drug-likeness (QED) is 0.775. The second-order valence-electron chi connectivity index (χ2n) is 4.80. The lowest BCUT2D eigenvalue weighted by atomic mass is 10.1. The van der Waals surface area contributed by atoms with Crippen LogP contribution in [0.1, 0.15) is 16.8 Å². The number of carbonyl (C=O) groups excluding carboxylic acids is 1. The third-order valence-corrected chi connectivity index (χ3v) is 3.34. The number of rotatable bonds is 6. The lowest BCUT2D eigenvalue weighted by Crippen LogP contribution is -2.30. The minimum absolute atomic E-state index is 0.197. The highest BCUT2D eigenvalue weighted by Crippen LogP contribution is 2.20. The van der Waals surface area contributed by atoms with Crippen LogP contribution in [0.2, 0.25) is 0 Å². The molecular weight excluding hydrogens is 276 g/mol. The van der Waals surface area contributed by atoms with Gasteiger partial charge in [-0.1, -0.05) is 0 Å². The highest BCUT2D eigenvalue weighted by molar-refractivity contribution is 5.95. The number of likely N-dealkylation sites (tertiary alicyclic amines) is 1. The van der Waals surface area contributed by atoms with E-state index in [9.17, 15) is 9.59 Å². The van der Waals surface area contributed by atoms with Gasteiger partial charge in [-0.15, -0.1) is 0 Å². The van der Waals surface area contributed by atoms with Crippen LogP contribution in [0.5, 0.6) is 5.88 Å². The van der Waals surface area contributed by atoms with Gasteiger partial charge in [0.25, 0.3) is 5.91 Å². The zero-order valence-electron chi connectivity index (χ0n) is 11.8. The Morgan fingerprint density at radius 1 is 1.48 bits per heavy atom. The number of pyridine rings is 1. The molecule has 0 aliphatic carbocycles. The molecule has 21 heavy (non-hydrogen) atoms. The van der Waals surface area contributed by atoms with E-state index in [1.54, 1.807) is 24.1 Å². The fraction of sp³-hybridized carbons (Fsp3) is 0.500. The molecule has 1 atom stereocenters. The normalized spacial score (nSPS) is 17.8. The number of carbonyl (C=O) groups is 2. The molecule has 1 amide bonds. The Labute approximate surface area is 122 Å². The monoisotopic (exact) mass is 294 g/mol. The van der Waals surface area contributed by atoms with Gasteiger partial charge in [0.1, 0.15) is 6.61 Å². The van der Waals surface area contributed by atoms with E-state index in [4.69, 9.17) is 14.6 Å². The molecule has 1 aromatic heterocycles. The first-order valence-corrected chi connectivity index (χ1v) is 6.71. The van der Waals surface area contributed by atoms with Crippen LogP contribution in [0.3, 0.4) is 0 Å². The van der Waals surface area contributed by atoms with Crippen molar-refractivity contribution in [3.63, 3.8) is 0 Å². The van der Waals surface area contributed by atoms with E-state index >= 15 is 0 Å². The van der Waals surface area contributed by atoms with Crippen LogP contribution in [-0.4, -0.2) is 60.3 Å². The lowest BCUT2D eigenvalue weighted by molar-refractivity contribution is -0.141. The third kappa shape index (κ3) is 3.91. The Balaban J connectivity index is 1.99. The fourth-order valence-corrected chi connectivity index (χ4v) is 2.18.